The molecule has 0 unspecified atom stereocenters. The number of hydrogen-bond donors (Lipinski definition) is 2. The van der Waals surface area contributed by atoms with Crippen molar-refractivity contribution < 1.29 is 9.53 Å². The Morgan fingerprint density at radius 1 is 1.42 bits per heavy atom. The molecule has 0 bridgehead atoms. The van der Waals surface area contributed by atoms with Gasteiger partial charge in [0.1, 0.15) is 12.4 Å². The third kappa shape index (κ3) is 2.93. The Morgan fingerprint density at radius 3 is 2.95 bits per heavy atom. The fourth-order valence-corrected chi connectivity index (χ4v) is 1.97. The Morgan fingerprint density at radius 2 is 2.21 bits per heavy atom. The molecule has 0 amide bonds. The monoisotopic (exact) mass is 259 g/mol. The van der Waals surface area contributed by atoms with Gasteiger partial charge in [-0.1, -0.05) is 0 Å². The van der Waals surface area contributed by atoms with Crippen LogP contribution < -0.4 is 11.1 Å². The minimum atomic E-state index is -0.304. The third-order valence-corrected chi connectivity index (χ3v) is 2.76. The number of hydrogen-bond acceptors (Lipinski definition) is 5. The van der Waals surface area contributed by atoms with Crippen molar-refractivity contribution in [3.05, 3.63) is 30.0 Å². The van der Waals surface area contributed by atoms with Crippen molar-refractivity contribution in [2.45, 2.75) is 13.8 Å². The first kappa shape index (κ1) is 13.1. The zero-order valence-electron chi connectivity index (χ0n) is 11.1. The van der Waals surface area contributed by atoms with Gasteiger partial charge in [0.25, 0.3) is 0 Å². The number of pyridine rings is 1. The second kappa shape index (κ2) is 5.56. The fourth-order valence-electron chi connectivity index (χ4n) is 1.97. The van der Waals surface area contributed by atoms with Crippen LogP contribution in [0.5, 0.6) is 0 Å². The number of rotatable bonds is 4. The average molecular weight is 259 g/mol. The highest BCUT2D eigenvalue weighted by Crippen LogP contribution is 2.27. The molecule has 0 saturated heterocycles. The summed E-state index contributed by atoms with van der Waals surface area (Å²) in [5, 5.41) is 4.82. The van der Waals surface area contributed by atoms with E-state index < -0.39 is 0 Å². The number of anilines is 2. The van der Waals surface area contributed by atoms with E-state index >= 15 is 0 Å². The van der Waals surface area contributed by atoms with Gasteiger partial charge in [-0.15, -0.1) is 0 Å². The Balaban J connectivity index is 2.30. The van der Waals surface area contributed by atoms with Crippen LogP contribution >= 0.6 is 0 Å². The van der Waals surface area contributed by atoms with Crippen LogP contribution in [0.1, 0.15) is 12.5 Å². The summed E-state index contributed by atoms with van der Waals surface area (Å²) in [5.41, 5.74) is 7.74. The first-order valence-electron chi connectivity index (χ1n) is 6.16. The largest absolute Gasteiger partial charge is 0.465 e. The van der Waals surface area contributed by atoms with E-state index in [4.69, 9.17) is 10.5 Å². The minimum Gasteiger partial charge on any atom is -0.465 e. The van der Waals surface area contributed by atoms with Gasteiger partial charge in [-0.2, -0.15) is 0 Å². The van der Waals surface area contributed by atoms with Gasteiger partial charge in [0, 0.05) is 22.7 Å². The number of benzene rings is 1. The Kier molecular flexibility index (Phi) is 3.85. The Labute approximate surface area is 111 Å². The number of nitrogens with zero attached hydrogens (tertiary/aromatic N) is 1. The molecule has 0 radical (unpaired) electrons. The van der Waals surface area contributed by atoms with E-state index in [1.54, 1.807) is 13.1 Å². The molecule has 0 aliphatic heterocycles. The van der Waals surface area contributed by atoms with Crippen LogP contribution in [0.25, 0.3) is 10.8 Å². The van der Waals surface area contributed by atoms with Crippen molar-refractivity contribution in [2.75, 3.05) is 24.2 Å². The number of carbonyl (C=O) groups excluding carboxylic acids is 1. The van der Waals surface area contributed by atoms with Crippen LogP contribution in [-0.2, 0) is 9.53 Å². The number of fused-ring (bicyclic) bond motifs is 1. The van der Waals surface area contributed by atoms with Gasteiger partial charge in [0.05, 0.1) is 6.61 Å². The first-order valence-corrected chi connectivity index (χ1v) is 6.16. The molecule has 1 aromatic heterocycles. The Hall–Kier alpha value is -2.30. The predicted octanol–water partition coefficient (Wildman–Crippen LogP) is 2.10. The van der Waals surface area contributed by atoms with E-state index in [2.05, 4.69) is 10.3 Å². The molecule has 0 spiro atoms. The van der Waals surface area contributed by atoms with Crippen molar-refractivity contribution in [1.29, 1.82) is 0 Å². The number of ether oxygens (including phenoxy) is 1. The minimum absolute atomic E-state index is 0.0911. The van der Waals surface area contributed by atoms with Crippen molar-refractivity contribution in [1.82, 2.24) is 4.98 Å². The topological polar surface area (TPSA) is 77.2 Å². The van der Waals surface area contributed by atoms with E-state index in [1.165, 1.54) is 0 Å². The van der Waals surface area contributed by atoms with Crippen LogP contribution in [0.15, 0.2) is 24.4 Å². The maximum Gasteiger partial charge on any atom is 0.325 e. The number of esters is 1. The van der Waals surface area contributed by atoms with Gasteiger partial charge in [-0.25, -0.2) is 4.98 Å². The van der Waals surface area contributed by atoms with Gasteiger partial charge in [-0.3, -0.25) is 4.79 Å². The summed E-state index contributed by atoms with van der Waals surface area (Å²) in [6, 6.07) is 5.77. The molecule has 1 heterocycles. The highest BCUT2D eigenvalue weighted by atomic mass is 16.5. The molecule has 0 saturated carbocycles. The molecular weight excluding hydrogens is 242 g/mol. The average Bonchev–Trinajstić information content (AvgIpc) is 2.36. The van der Waals surface area contributed by atoms with E-state index in [1.807, 2.05) is 25.1 Å². The number of nitrogens with one attached hydrogen (secondary N) is 1. The van der Waals surface area contributed by atoms with Crippen molar-refractivity contribution >= 4 is 28.2 Å². The highest BCUT2D eigenvalue weighted by molar-refractivity contribution is 6.00. The molecule has 19 heavy (non-hydrogen) atoms. The van der Waals surface area contributed by atoms with Crippen LogP contribution in [0.3, 0.4) is 0 Å². The number of nitrogens with two attached hydrogens (primary N) is 1. The molecular formula is C14H17N3O2. The zero-order chi connectivity index (χ0) is 13.8. The normalized spacial score (nSPS) is 10.4. The van der Waals surface area contributed by atoms with Crippen molar-refractivity contribution in [2.24, 2.45) is 0 Å². The standard InChI is InChI=1S/C14H17N3O2/c1-3-19-13(18)8-17-14-11-6-9(2)7-12(15)10(11)4-5-16-14/h4-7H,3,8,15H2,1-2H3,(H,16,17). The molecule has 2 aromatic rings. The lowest BCUT2D eigenvalue weighted by Gasteiger charge is -2.10. The first-order chi connectivity index (χ1) is 9.11. The summed E-state index contributed by atoms with van der Waals surface area (Å²) in [6.07, 6.45) is 1.67. The molecule has 0 atom stereocenters. The second-order valence-corrected chi connectivity index (χ2v) is 4.27. The van der Waals surface area contributed by atoms with Crippen LogP contribution in [0.2, 0.25) is 0 Å². The van der Waals surface area contributed by atoms with Crippen LogP contribution in [-0.4, -0.2) is 24.1 Å². The highest BCUT2D eigenvalue weighted by Gasteiger charge is 2.07. The molecule has 3 N–H and O–H groups in total. The molecule has 1 aromatic carbocycles. The summed E-state index contributed by atoms with van der Waals surface area (Å²) in [4.78, 5) is 15.6. The smallest absolute Gasteiger partial charge is 0.325 e. The summed E-state index contributed by atoms with van der Waals surface area (Å²) >= 11 is 0. The third-order valence-electron chi connectivity index (χ3n) is 2.76. The van der Waals surface area contributed by atoms with Gasteiger partial charge >= 0.3 is 5.97 Å². The molecule has 5 nitrogen and oxygen atoms in total. The molecule has 5 heteroatoms. The summed E-state index contributed by atoms with van der Waals surface area (Å²) in [6.45, 7) is 4.21. The van der Waals surface area contributed by atoms with E-state index in [0.29, 0.717) is 18.1 Å². The Bertz CT molecular complexity index is 611. The quantitative estimate of drug-likeness (QED) is 0.649. The molecule has 0 aliphatic carbocycles. The van der Waals surface area contributed by atoms with Gasteiger partial charge in [0.15, 0.2) is 0 Å². The summed E-state index contributed by atoms with van der Waals surface area (Å²) < 4.78 is 4.87. The summed E-state index contributed by atoms with van der Waals surface area (Å²) in [5.74, 6) is 0.336. The van der Waals surface area contributed by atoms with Crippen LogP contribution in [0, 0.1) is 6.92 Å². The lowest BCUT2D eigenvalue weighted by atomic mass is 10.1. The van der Waals surface area contributed by atoms with Crippen molar-refractivity contribution in [3.8, 4) is 0 Å². The van der Waals surface area contributed by atoms with Gasteiger partial charge in [0.2, 0.25) is 0 Å². The fraction of sp³-hybridized carbons (Fsp3) is 0.286. The molecule has 2 rings (SSSR count). The van der Waals surface area contributed by atoms with Crippen molar-refractivity contribution in [3.63, 3.8) is 0 Å². The SMILES string of the molecule is CCOC(=O)CNc1nccc2c(N)cc(C)cc12. The number of aromatic nitrogens is 1. The van der Waals surface area contributed by atoms with Gasteiger partial charge in [-0.05, 0) is 37.6 Å². The maximum atomic E-state index is 11.3. The molecule has 0 aliphatic rings. The van der Waals surface area contributed by atoms with Gasteiger partial charge < -0.3 is 15.8 Å². The lowest BCUT2D eigenvalue weighted by Crippen LogP contribution is -2.17. The summed E-state index contributed by atoms with van der Waals surface area (Å²) in [7, 11) is 0. The zero-order valence-corrected chi connectivity index (χ0v) is 11.1. The van der Waals surface area contributed by atoms with E-state index in [9.17, 15) is 4.79 Å². The molecule has 0 fully saturated rings. The predicted molar refractivity (Wildman–Crippen MR) is 76.0 cm³/mol. The van der Waals surface area contributed by atoms with Crippen LogP contribution in [0.4, 0.5) is 11.5 Å². The van der Waals surface area contributed by atoms with E-state index in [-0.39, 0.29) is 12.5 Å². The second-order valence-electron chi connectivity index (χ2n) is 4.27. The van der Waals surface area contributed by atoms with E-state index in [0.717, 1.165) is 16.3 Å². The number of nitrogen functional groups attached to an aromatic ring is 1. The maximum absolute atomic E-state index is 11.3. The lowest BCUT2D eigenvalue weighted by molar-refractivity contribution is -0.140. The number of carbonyl (C=O) groups is 1. The number of aryl methyl sites for hydroxylation is 1. The molecule has 100 valence electrons.